The molecule has 0 radical (unpaired) electrons. The topological polar surface area (TPSA) is 20.2 Å². The summed E-state index contributed by atoms with van der Waals surface area (Å²) in [7, 11) is 0. The Morgan fingerprint density at radius 1 is 1.28 bits per heavy atom. The lowest BCUT2D eigenvalue weighted by atomic mass is 9.61. The van der Waals surface area contributed by atoms with Crippen molar-refractivity contribution in [3.05, 3.63) is 34.9 Å². The van der Waals surface area contributed by atoms with Crippen LogP contribution in [0, 0.1) is 11.3 Å². The summed E-state index contributed by atoms with van der Waals surface area (Å²) in [6.07, 6.45) is 4.24. The van der Waals surface area contributed by atoms with Crippen molar-refractivity contribution in [1.29, 1.82) is 0 Å². The number of aliphatic hydroxyl groups is 1. The first-order chi connectivity index (χ1) is 8.34. The second-order valence-electron chi connectivity index (χ2n) is 6.60. The molecule has 18 heavy (non-hydrogen) atoms. The average Bonchev–Trinajstić information content (AvgIpc) is 2.28. The van der Waals surface area contributed by atoms with E-state index in [0.29, 0.717) is 5.02 Å². The van der Waals surface area contributed by atoms with Gasteiger partial charge in [-0.2, -0.15) is 0 Å². The van der Waals surface area contributed by atoms with E-state index < -0.39 is 5.60 Å². The third-order valence-electron chi connectivity index (χ3n) is 4.25. The molecule has 2 unspecified atom stereocenters. The summed E-state index contributed by atoms with van der Waals surface area (Å²) in [6, 6.07) is 7.73. The zero-order valence-electron chi connectivity index (χ0n) is 11.5. The SMILES string of the molecule is CC(C)(C)C1CCCCC1(O)c1cccc(Cl)c1. The zero-order valence-corrected chi connectivity index (χ0v) is 12.3. The highest BCUT2D eigenvalue weighted by Gasteiger charge is 2.45. The maximum Gasteiger partial charge on any atom is 0.0930 e. The fourth-order valence-corrected chi connectivity index (χ4v) is 3.60. The molecule has 1 aliphatic rings. The van der Waals surface area contributed by atoms with Crippen molar-refractivity contribution in [2.45, 2.75) is 52.1 Å². The Kier molecular flexibility index (Phi) is 3.75. The molecule has 1 aliphatic carbocycles. The quantitative estimate of drug-likeness (QED) is 0.777. The number of hydrogen-bond acceptors (Lipinski definition) is 1. The Labute approximate surface area is 115 Å². The lowest BCUT2D eigenvalue weighted by molar-refractivity contribution is -0.0959. The lowest BCUT2D eigenvalue weighted by Gasteiger charge is -2.47. The van der Waals surface area contributed by atoms with Crippen molar-refractivity contribution in [1.82, 2.24) is 0 Å². The summed E-state index contributed by atoms with van der Waals surface area (Å²) in [4.78, 5) is 0. The van der Waals surface area contributed by atoms with Crippen LogP contribution in [0.15, 0.2) is 24.3 Å². The van der Waals surface area contributed by atoms with Crippen molar-refractivity contribution >= 4 is 11.6 Å². The highest BCUT2D eigenvalue weighted by molar-refractivity contribution is 6.30. The predicted molar refractivity (Wildman–Crippen MR) is 76.8 cm³/mol. The Hall–Kier alpha value is -0.530. The molecule has 1 nitrogen and oxygen atoms in total. The Bertz CT molecular complexity index is 421. The molecule has 0 saturated heterocycles. The summed E-state index contributed by atoms with van der Waals surface area (Å²) >= 11 is 6.08. The minimum Gasteiger partial charge on any atom is -0.385 e. The van der Waals surface area contributed by atoms with Crippen LogP contribution in [0.4, 0.5) is 0 Å². The molecule has 1 fully saturated rings. The van der Waals surface area contributed by atoms with E-state index >= 15 is 0 Å². The van der Waals surface area contributed by atoms with Crippen molar-refractivity contribution in [2.24, 2.45) is 11.3 Å². The molecule has 1 N–H and O–H groups in total. The Balaban J connectivity index is 2.42. The van der Waals surface area contributed by atoms with Crippen LogP contribution in [0.2, 0.25) is 5.02 Å². The summed E-state index contributed by atoms with van der Waals surface area (Å²) in [6.45, 7) is 6.66. The number of hydrogen-bond donors (Lipinski definition) is 1. The first-order valence-corrected chi connectivity index (χ1v) is 7.20. The van der Waals surface area contributed by atoms with E-state index in [1.807, 2.05) is 24.3 Å². The molecule has 0 bridgehead atoms. The minimum atomic E-state index is -0.721. The fourth-order valence-electron chi connectivity index (χ4n) is 3.41. The van der Waals surface area contributed by atoms with Crippen LogP contribution in [0.25, 0.3) is 0 Å². The van der Waals surface area contributed by atoms with E-state index in [4.69, 9.17) is 11.6 Å². The summed E-state index contributed by atoms with van der Waals surface area (Å²) < 4.78 is 0. The van der Waals surface area contributed by atoms with Crippen molar-refractivity contribution in [3.63, 3.8) is 0 Å². The molecule has 0 amide bonds. The maximum atomic E-state index is 11.2. The molecular weight excluding hydrogens is 244 g/mol. The molecule has 100 valence electrons. The first kappa shape index (κ1) is 13.9. The molecule has 2 atom stereocenters. The summed E-state index contributed by atoms with van der Waals surface area (Å²) in [5, 5.41) is 11.9. The van der Waals surface area contributed by atoms with Gasteiger partial charge >= 0.3 is 0 Å². The number of benzene rings is 1. The molecule has 1 saturated carbocycles. The van der Waals surface area contributed by atoms with Gasteiger partial charge in [-0.3, -0.25) is 0 Å². The van der Waals surface area contributed by atoms with E-state index in [1.54, 1.807) is 0 Å². The molecule has 1 aromatic carbocycles. The van der Waals surface area contributed by atoms with E-state index in [0.717, 1.165) is 24.8 Å². The van der Waals surface area contributed by atoms with Gasteiger partial charge in [0.2, 0.25) is 0 Å². The van der Waals surface area contributed by atoms with E-state index in [-0.39, 0.29) is 11.3 Å². The molecular formula is C16H23ClO. The monoisotopic (exact) mass is 266 g/mol. The molecule has 2 rings (SSSR count). The molecule has 0 spiro atoms. The summed E-state index contributed by atoms with van der Waals surface area (Å²) in [5.74, 6) is 0.289. The third-order valence-corrected chi connectivity index (χ3v) is 4.48. The lowest BCUT2D eigenvalue weighted by Crippen LogP contribution is -2.44. The van der Waals surface area contributed by atoms with Gasteiger partial charge in [-0.05, 0) is 41.9 Å². The minimum absolute atomic E-state index is 0.109. The van der Waals surface area contributed by atoms with Gasteiger partial charge in [-0.25, -0.2) is 0 Å². The van der Waals surface area contributed by atoms with Crippen molar-refractivity contribution in [2.75, 3.05) is 0 Å². The zero-order chi connectivity index (χ0) is 13.4. The number of rotatable bonds is 1. The van der Waals surface area contributed by atoms with Crippen molar-refractivity contribution < 1.29 is 5.11 Å². The van der Waals surface area contributed by atoms with Crippen LogP contribution < -0.4 is 0 Å². The fraction of sp³-hybridized carbons (Fsp3) is 0.625. The van der Waals surface area contributed by atoms with Crippen LogP contribution in [0.3, 0.4) is 0 Å². The van der Waals surface area contributed by atoms with Gasteiger partial charge in [0.15, 0.2) is 0 Å². The normalized spacial score (nSPS) is 29.3. The molecule has 2 heteroatoms. The molecule has 0 aromatic heterocycles. The molecule has 1 aromatic rings. The van der Waals surface area contributed by atoms with Gasteiger partial charge in [0.1, 0.15) is 0 Å². The average molecular weight is 267 g/mol. The Morgan fingerprint density at radius 2 is 2.00 bits per heavy atom. The van der Waals surface area contributed by atoms with Gasteiger partial charge in [0.05, 0.1) is 5.60 Å². The van der Waals surface area contributed by atoms with E-state index in [9.17, 15) is 5.11 Å². The predicted octanol–water partition coefficient (Wildman–Crippen LogP) is 4.76. The van der Waals surface area contributed by atoms with Crippen LogP contribution in [0.1, 0.15) is 52.0 Å². The standard InChI is InChI=1S/C16H23ClO/c1-15(2,3)14-9-4-5-10-16(14,18)12-7-6-8-13(17)11-12/h6-8,11,14,18H,4-5,9-10H2,1-3H3. The van der Waals surface area contributed by atoms with Gasteiger partial charge < -0.3 is 5.11 Å². The van der Waals surface area contributed by atoms with Crippen LogP contribution in [-0.4, -0.2) is 5.11 Å². The van der Waals surface area contributed by atoms with Crippen LogP contribution >= 0.6 is 11.6 Å². The maximum absolute atomic E-state index is 11.2. The third kappa shape index (κ3) is 2.57. The highest BCUT2D eigenvalue weighted by Crippen LogP contribution is 2.49. The second kappa shape index (κ2) is 4.86. The smallest absolute Gasteiger partial charge is 0.0930 e. The van der Waals surface area contributed by atoms with Crippen molar-refractivity contribution in [3.8, 4) is 0 Å². The van der Waals surface area contributed by atoms with E-state index in [1.165, 1.54) is 6.42 Å². The van der Waals surface area contributed by atoms with Crippen LogP contribution in [-0.2, 0) is 5.60 Å². The molecule has 0 heterocycles. The van der Waals surface area contributed by atoms with Gasteiger partial charge in [-0.1, -0.05) is 57.3 Å². The molecule has 0 aliphatic heterocycles. The largest absolute Gasteiger partial charge is 0.385 e. The first-order valence-electron chi connectivity index (χ1n) is 6.82. The number of halogens is 1. The van der Waals surface area contributed by atoms with Gasteiger partial charge in [-0.15, -0.1) is 0 Å². The Morgan fingerprint density at radius 3 is 2.61 bits per heavy atom. The van der Waals surface area contributed by atoms with E-state index in [2.05, 4.69) is 20.8 Å². The second-order valence-corrected chi connectivity index (χ2v) is 7.04. The van der Waals surface area contributed by atoms with Gasteiger partial charge in [0, 0.05) is 5.02 Å². The van der Waals surface area contributed by atoms with Crippen LogP contribution in [0.5, 0.6) is 0 Å². The highest BCUT2D eigenvalue weighted by atomic mass is 35.5. The van der Waals surface area contributed by atoms with Gasteiger partial charge in [0.25, 0.3) is 0 Å². The summed E-state index contributed by atoms with van der Waals surface area (Å²) in [5.41, 5.74) is 0.369.